The molecule has 130 valence electrons. The molecule has 0 aliphatic carbocycles. The highest BCUT2D eigenvalue weighted by Crippen LogP contribution is 2.24. The van der Waals surface area contributed by atoms with Gasteiger partial charge in [-0.25, -0.2) is 0 Å². The van der Waals surface area contributed by atoms with Crippen LogP contribution in [0.25, 0.3) is 5.69 Å². The van der Waals surface area contributed by atoms with Crippen LogP contribution in [-0.4, -0.2) is 26.8 Å². The third kappa shape index (κ3) is 4.06. The number of nitrogens with one attached hydrogen (secondary N) is 1. The fourth-order valence-electron chi connectivity index (χ4n) is 2.78. The van der Waals surface area contributed by atoms with Gasteiger partial charge in [-0.15, -0.1) is 5.10 Å². The Morgan fingerprint density at radius 1 is 1.08 bits per heavy atom. The predicted octanol–water partition coefficient (Wildman–Crippen LogP) is 3.77. The molecule has 0 fully saturated rings. The lowest BCUT2D eigenvalue weighted by Gasteiger charge is -2.28. The van der Waals surface area contributed by atoms with Crippen molar-refractivity contribution in [2.75, 3.05) is 6.54 Å². The highest BCUT2D eigenvalue weighted by atomic mass is 35.5. The Labute approximate surface area is 153 Å². The SMILES string of the molecule is CC[C@](C)(NCCc1ccccc1)c1nnnn1-c1ccc(Cl)cc1. The van der Waals surface area contributed by atoms with E-state index in [1.807, 2.05) is 30.3 Å². The zero-order chi connectivity index (χ0) is 17.7. The maximum Gasteiger partial charge on any atom is 0.176 e. The Bertz CT molecular complexity index is 800. The Morgan fingerprint density at radius 2 is 1.80 bits per heavy atom. The van der Waals surface area contributed by atoms with E-state index in [2.05, 4.69) is 59.0 Å². The maximum absolute atomic E-state index is 5.98. The third-order valence-corrected chi connectivity index (χ3v) is 4.76. The third-order valence-electron chi connectivity index (χ3n) is 4.51. The minimum absolute atomic E-state index is 0.322. The summed E-state index contributed by atoms with van der Waals surface area (Å²) >= 11 is 5.98. The van der Waals surface area contributed by atoms with Crippen LogP contribution < -0.4 is 5.32 Å². The molecule has 1 atom stereocenters. The number of tetrazole rings is 1. The van der Waals surface area contributed by atoms with E-state index < -0.39 is 0 Å². The quantitative estimate of drug-likeness (QED) is 0.700. The van der Waals surface area contributed by atoms with Crippen molar-refractivity contribution in [2.45, 2.75) is 32.2 Å². The van der Waals surface area contributed by atoms with Crippen molar-refractivity contribution < 1.29 is 0 Å². The minimum atomic E-state index is -0.322. The molecule has 6 heteroatoms. The van der Waals surface area contributed by atoms with Gasteiger partial charge in [-0.3, -0.25) is 0 Å². The lowest BCUT2D eigenvalue weighted by Crippen LogP contribution is -2.42. The van der Waals surface area contributed by atoms with Crippen molar-refractivity contribution in [3.63, 3.8) is 0 Å². The van der Waals surface area contributed by atoms with Crippen LogP contribution >= 0.6 is 11.6 Å². The van der Waals surface area contributed by atoms with E-state index in [1.165, 1.54) is 5.56 Å². The van der Waals surface area contributed by atoms with Crippen molar-refractivity contribution in [2.24, 2.45) is 0 Å². The summed E-state index contributed by atoms with van der Waals surface area (Å²) in [6.07, 6.45) is 1.83. The summed E-state index contributed by atoms with van der Waals surface area (Å²) in [4.78, 5) is 0. The van der Waals surface area contributed by atoms with Gasteiger partial charge in [-0.05, 0) is 60.0 Å². The molecule has 0 radical (unpaired) electrons. The summed E-state index contributed by atoms with van der Waals surface area (Å²) in [5.74, 6) is 0.797. The molecule has 1 N–H and O–H groups in total. The minimum Gasteiger partial charge on any atom is -0.305 e. The Hall–Kier alpha value is -2.24. The van der Waals surface area contributed by atoms with E-state index in [-0.39, 0.29) is 5.54 Å². The Morgan fingerprint density at radius 3 is 2.48 bits per heavy atom. The Balaban J connectivity index is 1.78. The molecule has 0 amide bonds. The first-order valence-corrected chi connectivity index (χ1v) is 8.84. The number of nitrogens with zero attached hydrogens (tertiary/aromatic N) is 4. The smallest absolute Gasteiger partial charge is 0.176 e. The van der Waals surface area contributed by atoms with Gasteiger partial charge in [-0.2, -0.15) is 4.68 Å². The molecule has 3 aromatic rings. The van der Waals surface area contributed by atoms with Crippen LogP contribution in [0, 0.1) is 0 Å². The molecule has 0 bridgehead atoms. The van der Waals surface area contributed by atoms with E-state index >= 15 is 0 Å². The largest absolute Gasteiger partial charge is 0.305 e. The highest BCUT2D eigenvalue weighted by molar-refractivity contribution is 6.30. The van der Waals surface area contributed by atoms with Crippen LogP contribution in [0.2, 0.25) is 5.02 Å². The van der Waals surface area contributed by atoms with Gasteiger partial charge in [0.15, 0.2) is 5.82 Å². The fourth-order valence-corrected chi connectivity index (χ4v) is 2.90. The lowest BCUT2D eigenvalue weighted by atomic mass is 9.97. The van der Waals surface area contributed by atoms with Crippen LogP contribution in [0.4, 0.5) is 0 Å². The second-order valence-corrected chi connectivity index (χ2v) is 6.68. The molecule has 0 aliphatic rings. The number of aromatic nitrogens is 4. The second-order valence-electron chi connectivity index (χ2n) is 6.24. The fraction of sp³-hybridized carbons (Fsp3) is 0.316. The summed E-state index contributed by atoms with van der Waals surface area (Å²) in [6.45, 7) is 5.12. The standard InChI is InChI=1S/C19H22ClN5/c1-3-19(2,21-14-13-15-7-5-4-6-8-15)18-22-23-24-25(18)17-11-9-16(20)10-12-17/h4-12,21H,3,13-14H2,1-2H3/t19-/m0/s1. The van der Waals surface area contributed by atoms with Crippen LogP contribution in [0.5, 0.6) is 0 Å². The van der Waals surface area contributed by atoms with Gasteiger partial charge >= 0.3 is 0 Å². The molecule has 3 rings (SSSR count). The molecule has 25 heavy (non-hydrogen) atoms. The van der Waals surface area contributed by atoms with Gasteiger partial charge in [0.2, 0.25) is 0 Å². The van der Waals surface area contributed by atoms with E-state index in [1.54, 1.807) is 4.68 Å². The van der Waals surface area contributed by atoms with E-state index in [9.17, 15) is 0 Å². The number of hydrogen-bond acceptors (Lipinski definition) is 4. The van der Waals surface area contributed by atoms with E-state index in [4.69, 9.17) is 11.6 Å². The number of hydrogen-bond donors (Lipinski definition) is 1. The monoisotopic (exact) mass is 355 g/mol. The molecular formula is C19H22ClN5. The molecular weight excluding hydrogens is 334 g/mol. The van der Waals surface area contributed by atoms with Crippen molar-refractivity contribution in [3.8, 4) is 5.69 Å². The zero-order valence-corrected chi connectivity index (χ0v) is 15.2. The molecule has 2 aromatic carbocycles. The zero-order valence-electron chi connectivity index (χ0n) is 14.5. The molecule has 1 aromatic heterocycles. The van der Waals surface area contributed by atoms with Gasteiger partial charge in [0.05, 0.1) is 11.2 Å². The maximum atomic E-state index is 5.98. The predicted molar refractivity (Wildman–Crippen MR) is 100.0 cm³/mol. The van der Waals surface area contributed by atoms with E-state index in [0.29, 0.717) is 5.02 Å². The normalized spacial score (nSPS) is 13.6. The van der Waals surface area contributed by atoms with Crippen LogP contribution in [-0.2, 0) is 12.0 Å². The van der Waals surface area contributed by atoms with Gasteiger partial charge < -0.3 is 5.32 Å². The molecule has 0 saturated carbocycles. The number of rotatable bonds is 7. The topological polar surface area (TPSA) is 55.6 Å². The van der Waals surface area contributed by atoms with Crippen LogP contribution in [0.1, 0.15) is 31.7 Å². The van der Waals surface area contributed by atoms with Crippen molar-refractivity contribution in [3.05, 3.63) is 71.0 Å². The summed E-state index contributed by atoms with van der Waals surface area (Å²) in [5, 5.41) is 16.7. The lowest BCUT2D eigenvalue weighted by molar-refractivity contribution is 0.329. The Kier molecular flexibility index (Phi) is 5.46. The summed E-state index contributed by atoms with van der Waals surface area (Å²) < 4.78 is 1.77. The second kappa shape index (κ2) is 7.76. The highest BCUT2D eigenvalue weighted by Gasteiger charge is 2.30. The van der Waals surface area contributed by atoms with Gasteiger partial charge in [0, 0.05) is 11.6 Å². The molecule has 1 heterocycles. The average Bonchev–Trinajstić information content (AvgIpc) is 3.13. The molecule has 0 saturated heterocycles. The van der Waals surface area contributed by atoms with Crippen LogP contribution in [0.3, 0.4) is 0 Å². The van der Waals surface area contributed by atoms with Gasteiger partial charge in [0.1, 0.15) is 0 Å². The number of benzene rings is 2. The van der Waals surface area contributed by atoms with Crippen LogP contribution in [0.15, 0.2) is 54.6 Å². The molecule has 0 unspecified atom stereocenters. The molecule has 0 aliphatic heterocycles. The first-order valence-electron chi connectivity index (χ1n) is 8.46. The van der Waals surface area contributed by atoms with Crippen molar-refractivity contribution >= 4 is 11.6 Å². The first kappa shape index (κ1) is 17.6. The molecule has 5 nitrogen and oxygen atoms in total. The van der Waals surface area contributed by atoms with Gasteiger partial charge in [0.25, 0.3) is 0 Å². The summed E-state index contributed by atoms with van der Waals surface area (Å²) in [7, 11) is 0. The van der Waals surface area contributed by atoms with Crippen molar-refractivity contribution in [1.29, 1.82) is 0 Å². The average molecular weight is 356 g/mol. The summed E-state index contributed by atoms with van der Waals surface area (Å²) in [5.41, 5.74) is 1.89. The molecule has 0 spiro atoms. The summed E-state index contributed by atoms with van der Waals surface area (Å²) in [6, 6.07) is 18.0. The van der Waals surface area contributed by atoms with Crippen molar-refractivity contribution in [1.82, 2.24) is 25.5 Å². The van der Waals surface area contributed by atoms with Gasteiger partial charge in [-0.1, -0.05) is 48.9 Å². The number of halogens is 1. The van der Waals surface area contributed by atoms with E-state index in [0.717, 1.165) is 30.9 Å². The first-order chi connectivity index (χ1) is 12.1.